The molecule has 0 unspecified atom stereocenters. The van der Waals surface area contributed by atoms with Gasteiger partial charge in [-0.05, 0) is 42.8 Å². The fourth-order valence-electron chi connectivity index (χ4n) is 1.82. The molecule has 0 aliphatic rings. The molecule has 0 aliphatic heterocycles. The van der Waals surface area contributed by atoms with E-state index in [1.54, 1.807) is 43.3 Å². The zero-order valence-electron chi connectivity index (χ0n) is 11.8. The van der Waals surface area contributed by atoms with Crippen LogP contribution in [0.2, 0.25) is 0 Å². The summed E-state index contributed by atoms with van der Waals surface area (Å²) in [4.78, 5) is 23.4. The summed E-state index contributed by atoms with van der Waals surface area (Å²) in [7, 11) is 1.32. The summed E-state index contributed by atoms with van der Waals surface area (Å²) in [5, 5.41) is 2.72. The lowest BCUT2D eigenvalue weighted by Gasteiger charge is -2.10. The quantitative estimate of drug-likeness (QED) is 0.692. The summed E-state index contributed by atoms with van der Waals surface area (Å²) in [5.74, 6) is -0.156. The van der Waals surface area contributed by atoms with Crippen LogP contribution in [0.1, 0.15) is 21.7 Å². The highest BCUT2D eigenvalue weighted by atomic mass is 16.5. The molecule has 0 saturated heterocycles. The van der Waals surface area contributed by atoms with E-state index in [1.165, 1.54) is 19.4 Å². The second-order valence-electron chi connectivity index (χ2n) is 4.31. The van der Waals surface area contributed by atoms with Crippen LogP contribution in [0.4, 0.5) is 5.69 Å². The highest BCUT2D eigenvalue weighted by Gasteiger charge is 2.12. The fourth-order valence-corrected chi connectivity index (χ4v) is 1.82. The fraction of sp³-hybridized carbons (Fsp3) is 0.125. The first kappa shape index (κ1) is 14.6. The minimum absolute atomic E-state index is 0.309. The lowest BCUT2D eigenvalue weighted by atomic mass is 10.1. The number of benzene rings is 1. The van der Waals surface area contributed by atoms with Gasteiger partial charge in [-0.1, -0.05) is 6.07 Å². The van der Waals surface area contributed by atoms with Crippen LogP contribution >= 0.6 is 0 Å². The van der Waals surface area contributed by atoms with E-state index >= 15 is 0 Å². The number of ether oxygens (including phenoxy) is 1. The van der Waals surface area contributed by atoms with Gasteiger partial charge < -0.3 is 14.5 Å². The Bertz CT molecular complexity index is 672. The molecule has 0 atom stereocenters. The van der Waals surface area contributed by atoms with E-state index in [9.17, 15) is 9.59 Å². The molecular formula is C16H15NO4. The average Bonchev–Trinajstić information content (AvgIpc) is 3.00. The van der Waals surface area contributed by atoms with Gasteiger partial charge in [-0.15, -0.1) is 0 Å². The van der Waals surface area contributed by atoms with Crippen LogP contribution in [0.3, 0.4) is 0 Å². The van der Waals surface area contributed by atoms with Gasteiger partial charge in [-0.25, -0.2) is 4.79 Å². The number of amides is 1. The summed E-state index contributed by atoms with van der Waals surface area (Å²) >= 11 is 0. The summed E-state index contributed by atoms with van der Waals surface area (Å²) in [6.45, 7) is 1.75. The van der Waals surface area contributed by atoms with Crippen molar-refractivity contribution >= 4 is 23.6 Å². The third-order valence-corrected chi connectivity index (χ3v) is 2.94. The number of hydrogen-bond acceptors (Lipinski definition) is 4. The minimum atomic E-state index is -0.435. The molecule has 0 saturated carbocycles. The first-order chi connectivity index (χ1) is 10.1. The molecule has 0 radical (unpaired) electrons. The molecular weight excluding hydrogens is 270 g/mol. The van der Waals surface area contributed by atoms with Gasteiger partial charge in [0.1, 0.15) is 5.76 Å². The smallest absolute Gasteiger partial charge is 0.338 e. The van der Waals surface area contributed by atoms with Crippen LogP contribution in [0.5, 0.6) is 0 Å². The first-order valence-corrected chi connectivity index (χ1v) is 6.32. The Hall–Kier alpha value is -2.82. The molecule has 0 aliphatic carbocycles. The maximum Gasteiger partial charge on any atom is 0.338 e. The monoisotopic (exact) mass is 285 g/mol. The topological polar surface area (TPSA) is 68.5 Å². The third-order valence-electron chi connectivity index (χ3n) is 2.94. The van der Waals surface area contributed by atoms with Crippen LogP contribution in [0.15, 0.2) is 47.1 Å². The molecule has 1 aromatic carbocycles. The molecule has 2 rings (SSSR count). The van der Waals surface area contributed by atoms with Crippen molar-refractivity contribution in [1.29, 1.82) is 0 Å². The molecule has 0 spiro atoms. The summed E-state index contributed by atoms with van der Waals surface area (Å²) in [6.07, 6.45) is 4.46. The van der Waals surface area contributed by atoms with Gasteiger partial charge in [0.25, 0.3) is 0 Å². The Morgan fingerprint density at radius 1 is 1.24 bits per heavy atom. The van der Waals surface area contributed by atoms with Crippen molar-refractivity contribution in [1.82, 2.24) is 0 Å². The lowest BCUT2D eigenvalue weighted by Crippen LogP contribution is -2.11. The highest BCUT2D eigenvalue weighted by molar-refractivity contribution is 6.03. The summed E-state index contributed by atoms with van der Waals surface area (Å²) in [5.41, 5.74) is 1.64. The Kier molecular flexibility index (Phi) is 4.56. The Morgan fingerprint density at radius 3 is 2.71 bits per heavy atom. The van der Waals surface area contributed by atoms with Crippen LogP contribution in [0, 0.1) is 6.92 Å². The Balaban J connectivity index is 2.12. The number of carbonyl (C=O) groups excluding carboxylic acids is 2. The van der Waals surface area contributed by atoms with Gasteiger partial charge in [0.2, 0.25) is 5.91 Å². The van der Waals surface area contributed by atoms with Gasteiger partial charge in [-0.2, -0.15) is 0 Å². The maximum atomic E-state index is 11.9. The number of esters is 1. The summed E-state index contributed by atoms with van der Waals surface area (Å²) in [6, 6.07) is 8.54. The van der Waals surface area contributed by atoms with E-state index in [0.29, 0.717) is 22.6 Å². The van der Waals surface area contributed by atoms with Crippen LogP contribution < -0.4 is 5.32 Å². The largest absolute Gasteiger partial charge is 0.465 e. The third kappa shape index (κ3) is 3.60. The number of carbonyl (C=O) groups is 2. The number of furan rings is 1. The minimum Gasteiger partial charge on any atom is -0.465 e. The molecule has 0 fully saturated rings. The van der Waals surface area contributed by atoms with Crippen molar-refractivity contribution in [2.75, 3.05) is 12.4 Å². The van der Waals surface area contributed by atoms with Gasteiger partial charge in [-0.3, -0.25) is 4.79 Å². The van der Waals surface area contributed by atoms with Crippen molar-refractivity contribution in [3.63, 3.8) is 0 Å². The zero-order chi connectivity index (χ0) is 15.2. The Labute approximate surface area is 122 Å². The number of nitrogens with one attached hydrogen (secondary N) is 1. The second-order valence-corrected chi connectivity index (χ2v) is 4.31. The van der Waals surface area contributed by atoms with Gasteiger partial charge in [0.15, 0.2) is 0 Å². The molecule has 5 heteroatoms. The predicted molar refractivity (Wildman–Crippen MR) is 78.9 cm³/mol. The van der Waals surface area contributed by atoms with Crippen molar-refractivity contribution < 1.29 is 18.7 Å². The normalized spacial score (nSPS) is 10.6. The number of hydrogen-bond donors (Lipinski definition) is 1. The molecule has 5 nitrogen and oxygen atoms in total. The van der Waals surface area contributed by atoms with E-state index in [4.69, 9.17) is 9.15 Å². The van der Waals surface area contributed by atoms with Crippen LogP contribution in [-0.4, -0.2) is 19.0 Å². The van der Waals surface area contributed by atoms with E-state index in [2.05, 4.69) is 5.32 Å². The highest BCUT2D eigenvalue weighted by Crippen LogP contribution is 2.19. The maximum absolute atomic E-state index is 11.9. The number of anilines is 1. The van der Waals surface area contributed by atoms with Crippen molar-refractivity contribution in [2.45, 2.75) is 6.92 Å². The zero-order valence-corrected chi connectivity index (χ0v) is 11.8. The van der Waals surface area contributed by atoms with Crippen molar-refractivity contribution in [2.24, 2.45) is 0 Å². The van der Waals surface area contributed by atoms with E-state index in [-0.39, 0.29) is 5.91 Å². The van der Waals surface area contributed by atoms with Crippen LogP contribution in [-0.2, 0) is 9.53 Å². The van der Waals surface area contributed by atoms with Gasteiger partial charge in [0, 0.05) is 11.8 Å². The van der Waals surface area contributed by atoms with Crippen LogP contribution in [0.25, 0.3) is 6.08 Å². The number of rotatable bonds is 4. The SMILES string of the molecule is COC(=O)c1cccc(NC(=O)/C=C\c2ccco2)c1C. The standard InChI is InChI=1S/C16H15NO4/c1-11-13(16(19)20-2)6-3-7-14(11)17-15(18)9-8-12-5-4-10-21-12/h3-10H,1-2H3,(H,17,18)/b9-8-. The molecule has 108 valence electrons. The molecule has 1 amide bonds. The molecule has 0 bridgehead atoms. The molecule has 2 aromatic rings. The molecule has 1 aromatic heterocycles. The van der Waals surface area contributed by atoms with E-state index in [1.807, 2.05) is 0 Å². The predicted octanol–water partition coefficient (Wildman–Crippen LogP) is 3.03. The van der Waals surface area contributed by atoms with E-state index in [0.717, 1.165) is 0 Å². The van der Waals surface area contributed by atoms with Crippen molar-refractivity contribution in [3.8, 4) is 0 Å². The second kappa shape index (κ2) is 6.56. The number of methoxy groups -OCH3 is 1. The van der Waals surface area contributed by atoms with Gasteiger partial charge in [0.05, 0.1) is 18.9 Å². The molecule has 21 heavy (non-hydrogen) atoms. The lowest BCUT2D eigenvalue weighted by molar-refractivity contribution is -0.111. The molecule has 1 N–H and O–H groups in total. The Morgan fingerprint density at radius 2 is 2.05 bits per heavy atom. The van der Waals surface area contributed by atoms with Gasteiger partial charge >= 0.3 is 5.97 Å². The first-order valence-electron chi connectivity index (χ1n) is 6.32. The summed E-state index contributed by atoms with van der Waals surface area (Å²) < 4.78 is 9.79. The average molecular weight is 285 g/mol. The van der Waals surface area contributed by atoms with E-state index < -0.39 is 5.97 Å². The van der Waals surface area contributed by atoms with Crippen molar-refractivity contribution in [3.05, 3.63) is 59.6 Å². The molecule has 1 heterocycles.